The quantitative estimate of drug-likeness (QED) is 0.777. The molecule has 1 aromatic carbocycles. The van der Waals surface area contributed by atoms with E-state index in [4.69, 9.17) is 0 Å². The Kier molecular flexibility index (Phi) is 3.69. The zero-order chi connectivity index (χ0) is 15.8. The number of hydrogen-bond donors (Lipinski definition) is 2. The molecule has 4 amide bonds. The number of sulfonamides is 1. The van der Waals surface area contributed by atoms with E-state index in [0.29, 0.717) is 4.31 Å². The van der Waals surface area contributed by atoms with Crippen LogP contribution in [0.1, 0.15) is 17.3 Å². The van der Waals surface area contributed by atoms with Crippen LogP contribution in [-0.2, 0) is 14.8 Å². The molecule has 2 N–H and O–H groups in total. The number of amides is 4. The predicted octanol–water partition coefficient (Wildman–Crippen LogP) is -0.325. The van der Waals surface area contributed by atoms with Crippen molar-refractivity contribution < 1.29 is 22.8 Å². The molecule has 0 fully saturated rings. The average Bonchev–Trinajstić information content (AvgIpc) is 2.66. The van der Waals surface area contributed by atoms with Gasteiger partial charge in [-0.05, 0) is 19.1 Å². The molecule has 0 saturated carbocycles. The summed E-state index contributed by atoms with van der Waals surface area (Å²) in [5.74, 6) is -1.68. The SMILES string of the molecule is CNC(=O)NC(=O)[C@H](C)N1C(=O)c2ccccc2S1(=O)=O. The zero-order valence-corrected chi connectivity index (χ0v) is 12.1. The van der Waals surface area contributed by atoms with Gasteiger partial charge in [0.05, 0.1) is 5.56 Å². The molecule has 1 atom stereocenters. The Morgan fingerprint density at radius 3 is 2.43 bits per heavy atom. The van der Waals surface area contributed by atoms with Crippen LogP contribution in [0.25, 0.3) is 0 Å². The Hall–Kier alpha value is -2.42. The van der Waals surface area contributed by atoms with Gasteiger partial charge >= 0.3 is 6.03 Å². The Balaban J connectivity index is 2.36. The molecule has 0 unspecified atom stereocenters. The van der Waals surface area contributed by atoms with Crippen LogP contribution in [-0.4, -0.2) is 43.7 Å². The Morgan fingerprint density at radius 2 is 1.86 bits per heavy atom. The van der Waals surface area contributed by atoms with Crippen molar-refractivity contribution in [3.63, 3.8) is 0 Å². The van der Waals surface area contributed by atoms with Crippen molar-refractivity contribution in [1.82, 2.24) is 14.9 Å². The van der Waals surface area contributed by atoms with E-state index in [2.05, 4.69) is 5.32 Å². The first-order valence-electron chi connectivity index (χ1n) is 6.01. The molecule has 1 aliphatic rings. The molecule has 2 rings (SSSR count). The standard InChI is InChI=1S/C12H13N3O5S/c1-7(10(16)14-12(18)13-2)15-11(17)8-5-3-4-6-9(8)21(15,19)20/h3-7H,1-2H3,(H2,13,14,16,18)/t7-/m0/s1. The summed E-state index contributed by atoms with van der Waals surface area (Å²) in [6.07, 6.45) is 0. The van der Waals surface area contributed by atoms with Gasteiger partial charge < -0.3 is 5.32 Å². The first-order valence-corrected chi connectivity index (χ1v) is 7.45. The van der Waals surface area contributed by atoms with Gasteiger partial charge in [0.2, 0.25) is 0 Å². The van der Waals surface area contributed by atoms with Crippen LogP contribution in [0.3, 0.4) is 0 Å². The number of benzene rings is 1. The molecular formula is C12H13N3O5S. The Labute approximate surface area is 121 Å². The van der Waals surface area contributed by atoms with E-state index in [0.717, 1.165) is 0 Å². The van der Waals surface area contributed by atoms with E-state index in [9.17, 15) is 22.8 Å². The first-order chi connectivity index (χ1) is 9.80. The van der Waals surface area contributed by atoms with Crippen LogP contribution < -0.4 is 10.6 Å². The van der Waals surface area contributed by atoms with Crippen LogP contribution in [0.2, 0.25) is 0 Å². The fraction of sp³-hybridized carbons (Fsp3) is 0.250. The number of imide groups is 1. The molecule has 0 aromatic heterocycles. The predicted molar refractivity (Wildman–Crippen MR) is 71.9 cm³/mol. The molecular weight excluding hydrogens is 298 g/mol. The summed E-state index contributed by atoms with van der Waals surface area (Å²) in [5.41, 5.74) is 0.0112. The molecule has 21 heavy (non-hydrogen) atoms. The van der Waals surface area contributed by atoms with Crippen molar-refractivity contribution in [2.24, 2.45) is 0 Å². The van der Waals surface area contributed by atoms with Crippen molar-refractivity contribution in [1.29, 1.82) is 0 Å². The maximum Gasteiger partial charge on any atom is 0.321 e. The minimum absolute atomic E-state index is 0.0112. The van der Waals surface area contributed by atoms with Gasteiger partial charge in [-0.2, -0.15) is 0 Å². The van der Waals surface area contributed by atoms with Gasteiger partial charge in [0, 0.05) is 7.05 Å². The van der Waals surface area contributed by atoms with E-state index in [-0.39, 0.29) is 10.5 Å². The highest BCUT2D eigenvalue weighted by Gasteiger charge is 2.45. The smallest absolute Gasteiger partial charge is 0.321 e. The molecule has 1 aromatic rings. The summed E-state index contributed by atoms with van der Waals surface area (Å²) < 4.78 is 25.1. The number of nitrogens with zero attached hydrogens (tertiary/aromatic N) is 1. The highest BCUT2D eigenvalue weighted by molar-refractivity contribution is 7.90. The van der Waals surface area contributed by atoms with E-state index in [1.54, 1.807) is 0 Å². The molecule has 0 saturated heterocycles. The summed E-state index contributed by atoms with van der Waals surface area (Å²) in [5, 5.41) is 4.11. The minimum Gasteiger partial charge on any atom is -0.341 e. The van der Waals surface area contributed by atoms with E-state index < -0.39 is 33.9 Å². The average molecular weight is 311 g/mol. The van der Waals surface area contributed by atoms with Crippen molar-refractivity contribution in [3.8, 4) is 0 Å². The molecule has 1 heterocycles. The van der Waals surface area contributed by atoms with Gasteiger partial charge in [-0.1, -0.05) is 12.1 Å². The highest BCUT2D eigenvalue weighted by Crippen LogP contribution is 2.31. The number of rotatable bonds is 2. The minimum atomic E-state index is -4.09. The molecule has 8 nitrogen and oxygen atoms in total. The largest absolute Gasteiger partial charge is 0.341 e. The molecule has 112 valence electrons. The van der Waals surface area contributed by atoms with E-state index >= 15 is 0 Å². The maximum absolute atomic E-state index is 12.3. The summed E-state index contributed by atoms with van der Waals surface area (Å²) in [7, 11) is -2.78. The lowest BCUT2D eigenvalue weighted by atomic mass is 10.2. The Morgan fingerprint density at radius 1 is 1.24 bits per heavy atom. The lowest BCUT2D eigenvalue weighted by Crippen LogP contribution is -2.50. The fourth-order valence-electron chi connectivity index (χ4n) is 1.97. The van der Waals surface area contributed by atoms with E-state index in [1.807, 2.05) is 5.32 Å². The topological polar surface area (TPSA) is 113 Å². The third kappa shape index (κ3) is 2.35. The lowest BCUT2D eigenvalue weighted by Gasteiger charge is -2.21. The molecule has 0 bridgehead atoms. The summed E-state index contributed by atoms with van der Waals surface area (Å²) >= 11 is 0. The molecule has 0 spiro atoms. The monoisotopic (exact) mass is 311 g/mol. The molecule has 0 aliphatic carbocycles. The van der Waals surface area contributed by atoms with Gasteiger partial charge in [0.25, 0.3) is 21.8 Å². The van der Waals surface area contributed by atoms with Gasteiger partial charge in [-0.25, -0.2) is 17.5 Å². The zero-order valence-electron chi connectivity index (χ0n) is 11.3. The van der Waals surface area contributed by atoms with E-state index in [1.165, 1.54) is 38.2 Å². The first kappa shape index (κ1) is 15.0. The number of carbonyl (C=O) groups excluding carboxylic acids is 3. The van der Waals surface area contributed by atoms with Crippen molar-refractivity contribution in [2.45, 2.75) is 17.9 Å². The second kappa shape index (κ2) is 5.17. The van der Waals surface area contributed by atoms with Crippen molar-refractivity contribution >= 4 is 27.9 Å². The molecule has 0 radical (unpaired) electrons. The van der Waals surface area contributed by atoms with Crippen LogP contribution >= 0.6 is 0 Å². The summed E-state index contributed by atoms with van der Waals surface area (Å²) in [4.78, 5) is 35.0. The summed E-state index contributed by atoms with van der Waals surface area (Å²) in [6.45, 7) is 1.24. The van der Waals surface area contributed by atoms with Gasteiger partial charge in [0.1, 0.15) is 10.9 Å². The maximum atomic E-state index is 12.3. The van der Waals surface area contributed by atoms with Gasteiger partial charge in [-0.15, -0.1) is 0 Å². The number of carbonyl (C=O) groups is 3. The number of nitrogens with one attached hydrogen (secondary N) is 2. The number of hydrogen-bond acceptors (Lipinski definition) is 5. The highest BCUT2D eigenvalue weighted by atomic mass is 32.2. The Bertz CT molecular complexity index is 728. The molecule has 9 heteroatoms. The van der Waals surface area contributed by atoms with Crippen LogP contribution in [0.15, 0.2) is 29.2 Å². The van der Waals surface area contributed by atoms with Crippen LogP contribution in [0, 0.1) is 0 Å². The van der Waals surface area contributed by atoms with Crippen molar-refractivity contribution in [3.05, 3.63) is 29.8 Å². The normalized spacial score (nSPS) is 17.0. The second-order valence-corrected chi connectivity index (χ2v) is 6.13. The third-order valence-corrected chi connectivity index (χ3v) is 4.96. The summed E-state index contributed by atoms with van der Waals surface area (Å²) in [6, 6.07) is 3.57. The van der Waals surface area contributed by atoms with Gasteiger partial charge in [0.15, 0.2) is 0 Å². The molecule has 1 aliphatic heterocycles. The van der Waals surface area contributed by atoms with Crippen LogP contribution in [0.5, 0.6) is 0 Å². The lowest BCUT2D eigenvalue weighted by molar-refractivity contribution is -0.122. The number of urea groups is 1. The van der Waals surface area contributed by atoms with Crippen LogP contribution in [0.4, 0.5) is 4.79 Å². The third-order valence-electron chi connectivity index (χ3n) is 3.05. The van der Waals surface area contributed by atoms with Gasteiger partial charge in [-0.3, -0.25) is 14.9 Å². The number of fused-ring (bicyclic) bond motifs is 1. The second-order valence-electron chi connectivity index (χ2n) is 4.35. The van der Waals surface area contributed by atoms with Crippen molar-refractivity contribution in [2.75, 3.05) is 7.05 Å². The fourth-order valence-corrected chi connectivity index (χ4v) is 3.70.